The van der Waals surface area contributed by atoms with E-state index in [2.05, 4.69) is 33.7 Å². The van der Waals surface area contributed by atoms with Crippen LogP contribution in [0.15, 0.2) is 36.4 Å². The zero-order chi connectivity index (χ0) is 21.5. The number of fused-ring (bicyclic) bond motifs is 1. The summed E-state index contributed by atoms with van der Waals surface area (Å²) in [7, 11) is 2.11. The van der Waals surface area contributed by atoms with E-state index in [-0.39, 0.29) is 11.7 Å². The van der Waals surface area contributed by atoms with Crippen LogP contribution in [0.5, 0.6) is 5.75 Å². The number of rotatable bonds is 4. The fourth-order valence-electron chi connectivity index (χ4n) is 4.10. The van der Waals surface area contributed by atoms with E-state index in [0.29, 0.717) is 13.1 Å². The molecule has 0 aliphatic carbocycles. The van der Waals surface area contributed by atoms with Crippen LogP contribution in [0.2, 0.25) is 0 Å². The number of carbonyl (C=O) groups excluding carboxylic acids is 1. The van der Waals surface area contributed by atoms with Crippen molar-refractivity contribution >= 4 is 11.6 Å². The summed E-state index contributed by atoms with van der Waals surface area (Å²) in [6.45, 7) is 6.73. The van der Waals surface area contributed by atoms with Crippen molar-refractivity contribution in [3.05, 3.63) is 58.7 Å². The molecule has 5 nitrogen and oxygen atoms in total. The number of aryl methyl sites for hydroxylation is 1. The molecule has 0 radical (unpaired) electrons. The number of hydrogen-bond donors (Lipinski definition) is 0. The maximum absolute atomic E-state index is 12.9. The van der Waals surface area contributed by atoms with E-state index in [4.69, 9.17) is 0 Å². The molecule has 2 aromatic rings. The lowest BCUT2D eigenvalue weighted by molar-refractivity contribution is -0.274. The normalized spacial score (nSPS) is 17.4. The van der Waals surface area contributed by atoms with E-state index in [1.165, 1.54) is 12.1 Å². The van der Waals surface area contributed by atoms with Gasteiger partial charge in [0.2, 0.25) is 0 Å². The first kappa shape index (κ1) is 20.5. The minimum absolute atomic E-state index is 0.0388. The Labute approximate surface area is 173 Å². The molecule has 2 aliphatic heterocycles. The van der Waals surface area contributed by atoms with E-state index in [9.17, 15) is 18.0 Å². The van der Waals surface area contributed by atoms with Gasteiger partial charge in [-0.05, 0) is 54.9 Å². The molecular weight excluding hydrogens is 395 g/mol. The maximum Gasteiger partial charge on any atom is 0.573 e. The number of likely N-dealkylation sites (N-methyl/N-ethyl adjacent to an activating group) is 1. The number of nitrogens with zero attached hydrogens (tertiary/aromatic N) is 3. The van der Waals surface area contributed by atoms with Gasteiger partial charge >= 0.3 is 6.36 Å². The Hall–Kier alpha value is -2.74. The van der Waals surface area contributed by atoms with Crippen LogP contribution < -0.4 is 9.64 Å². The van der Waals surface area contributed by atoms with Crippen molar-refractivity contribution in [1.29, 1.82) is 0 Å². The van der Waals surface area contributed by atoms with E-state index >= 15 is 0 Å². The molecule has 2 aliphatic rings. The highest BCUT2D eigenvalue weighted by atomic mass is 19.4. The average Bonchev–Trinajstić information content (AvgIpc) is 2.98. The van der Waals surface area contributed by atoms with Gasteiger partial charge in [0, 0.05) is 50.5 Å². The molecule has 1 amide bonds. The Kier molecular flexibility index (Phi) is 5.36. The fraction of sp³-hybridized carbons (Fsp3) is 0.409. The SMILES string of the molecule is Cc1cc(N2CCN(C)CC2)cc2c1C(=O)N(Cc1ccc(OC(F)(F)F)cc1)C2. The molecule has 0 spiro atoms. The average molecular weight is 419 g/mol. The van der Waals surface area contributed by atoms with Crippen LogP contribution in [0, 0.1) is 6.92 Å². The van der Waals surface area contributed by atoms with Gasteiger partial charge in [0.15, 0.2) is 0 Å². The van der Waals surface area contributed by atoms with Gasteiger partial charge in [-0.15, -0.1) is 13.2 Å². The number of halogens is 3. The molecule has 0 unspecified atom stereocenters. The Bertz CT molecular complexity index is 936. The number of carbonyl (C=O) groups is 1. The fourth-order valence-corrected chi connectivity index (χ4v) is 4.10. The highest BCUT2D eigenvalue weighted by Crippen LogP contribution is 2.32. The number of ether oxygens (including phenoxy) is 1. The number of alkyl halides is 3. The van der Waals surface area contributed by atoms with Crippen molar-refractivity contribution in [2.45, 2.75) is 26.4 Å². The minimum Gasteiger partial charge on any atom is -0.406 e. The highest BCUT2D eigenvalue weighted by molar-refractivity contribution is 6.00. The number of benzene rings is 2. The highest BCUT2D eigenvalue weighted by Gasteiger charge is 2.32. The molecule has 2 heterocycles. The predicted molar refractivity (Wildman–Crippen MR) is 108 cm³/mol. The number of hydrogen-bond acceptors (Lipinski definition) is 4. The number of amides is 1. The van der Waals surface area contributed by atoms with Crippen LogP contribution in [0.1, 0.15) is 27.0 Å². The summed E-state index contributed by atoms with van der Waals surface area (Å²) in [6.07, 6.45) is -4.72. The van der Waals surface area contributed by atoms with Crippen molar-refractivity contribution in [2.75, 3.05) is 38.1 Å². The molecule has 8 heteroatoms. The summed E-state index contributed by atoms with van der Waals surface area (Å²) in [5.41, 5.74) is 4.60. The van der Waals surface area contributed by atoms with Crippen molar-refractivity contribution in [2.24, 2.45) is 0 Å². The first-order valence-electron chi connectivity index (χ1n) is 9.90. The standard InChI is InChI=1S/C22H24F3N3O2/c1-15-11-18(27-9-7-26(2)8-10-27)12-17-14-28(21(29)20(15)17)13-16-3-5-19(6-4-16)30-22(23,24)25/h3-6,11-12H,7-10,13-14H2,1-2H3. The van der Waals surface area contributed by atoms with Gasteiger partial charge < -0.3 is 19.4 Å². The zero-order valence-corrected chi connectivity index (χ0v) is 17.0. The first-order valence-corrected chi connectivity index (χ1v) is 9.90. The van der Waals surface area contributed by atoms with Crippen LogP contribution in [-0.4, -0.2) is 55.3 Å². The quantitative estimate of drug-likeness (QED) is 0.755. The van der Waals surface area contributed by atoms with E-state index in [1.54, 1.807) is 17.0 Å². The van der Waals surface area contributed by atoms with Gasteiger partial charge in [0.1, 0.15) is 5.75 Å². The molecule has 160 valence electrons. The predicted octanol–water partition coefficient (Wildman–Crippen LogP) is 3.80. The third-order valence-corrected chi connectivity index (χ3v) is 5.66. The van der Waals surface area contributed by atoms with Crippen LogP contribution in [0.4, 0.5) is 18.9 Å². The van der Waals surface area contributed by atoms with Gasteiger partial charge in [0.25, 0.3) is 5.91 Å². The van der Waals surface area contributed by atoms with E-state index in [0.717, 1.165) is 54.1 Å². The van der Waals surface area contributed by atoms with Crippen molar-refractivity contribution < 1.29 is 22.7 Å². The zero-order valence-electron chi connectivity index (χ0n) is 17.0. The summed E-state index contributed by atoms with van der Waals surface area (Å²) >= 11 is 0. The minimum atomic E-state index is -4.72. The summed E-state index contributed by atoms with van der Waals surface area (Å²) in [5, 5.41) is 0. The van der Waals surface area contributed by atoms with Crippen molar-refractivity contribution in [1.82, 2.24) is 9.80 Å². The summed E-state index contributed by atoms with van der Waals surface area (Å²) < 4.78 is 40.8. The third-order valence-electron chi connectivity index (χ3n) is 5.66. The molecule has 0 bridgehead atoms. The summed E-state index contributed by atoms with van der Waals surface area (Å²) in [5.74, 6) is -0.307. The molecule has 4 rings (SSSR count). The lowest BCUT2D eigenvalue weighted by Crippen LogP contribution is -2.44. The van der Waals surface area contributed by atoms with E-state index in [1.807, 2.05) is 6.92 Å². The molecule has 1 saturated heterocycles. The largest absolute Gasteiger partial charge is 0.573 e. The number of piperazine rings is 1. The second kappa shape index (κ2) is 7.83. The Morgan fingerprint density at radius 3 is 2.33 bits per heavy atom. The topological polar surface area (TPSA) is 36.0 Å². The van der Waals surface area contributed by atoms with Gasteiger partial charge in [-0.1, -0.05) is 12.1 Å². The smallest absolute Gasteiger partial charge is 0.406 e. The maximum atomic E-state index is 12.9. The van der Waals surface area contributed by atoms with Crippen LogP contribution in [0.25, 0.3) is 0 Å². The van der Waals surface area contributed by atoms with E-state index < -0.39 is 6.36 Å². The molecule has 1 fully saturated rings. The van der Waals surface area contributed by atoms with Gasteiger partial charge in [0.05, 0.1) is 0 Å². The molecule has 0 atom stereocenters. The monoisotopic (exact) mass is 419 g/mol. The lowest BCUT2D eigenvalue weighted by Gasteiger charge is -2.34. The van der Waals surface area contributed by atoms with Crippen LogP contribution in [-0.2, 0) is 13.1 Å². The van der Waals surface area contributed by atoms with Gasteiger partial charge in [-0.2, -0.15) is 0 Å². The third kappa shape index (κ3) is 4.38. The van der Waals surface area contributed by atoms with Crippen LogP contribution in [0.3, 0.4) is 0 Å². The van der Waals surface area contributed by atoms with Crippen LogP contribution >= 0.6 is 0 Å². The molecule has 30 heavy (non-hydrogen) atoms. The Morgan fingerprint density at radius 2 is 1.70 bits per heavy atom. The summed E-state index contributed by atoms with van der Waals surface area (Å²) in [4.78, 5) is 19.3. The Balaban J connectivity index is 1.47. The second-order valence-corrected chi connectivity index (χ2v) is 7.94. The van der Waals surface area contributed by atoms with Gasteiger partial charge in [-0.3, -0.25) is 4.79 Å². The second-order valence-electron chi connectivity index (χ2n) is 7.94. The van der Waals surface area contributed by atoms with Crippen molar-refractivity contribution in [3.8, 4) is 5.75 Å². The molecule has 0 saturated carbocycles. The molecule has 0 N–H and O–H groups in total. The number of anilines is 1. The van der Waals surface area contributed by atoms with Crippen molar-refractivity contribution in [3.63, 3.8) is 0 Å². The van der Waals surface area contributed by atoms with Gasteiger partial charge in [-0.25, -0.2) is 0 Å². The molecular formula is C22H24F3N3O2. The molecule has 0 aromatic heterocycles. The summed E-state index contributed by atoms with van der Waals surface area (Å²) in [6, 6.07) is 9.83. The lowest BCUT2D eigenvalue weighted by atomic mass is 10.0. The molecule has 2 aromatic carbocycles. The Morgan fingerprint density at radius 1 is 1.03 bits per heavy atom. The first-order chi connectivity index (χ1) is 14.2.